The van der Waals surface area contributed by atoms with Gasteiger partial charge >= 0.3 is 0 Å². The first-order valence-electron chi connectivity index (χ1n) is 6.38. The van der Waals surface area contributed by atoms with Gasteiger partial charge in [-0.1, -0.05) is 25.4 Å². The predicted octanol–water partition coefficient (Wildman–Crippen LogP) is 3.90. The van der Waals surface area contributed by atoms with Crippen molar-refractivity contribution in [1.82, 2.24) is 9.55 Å². The van der Waals surface area contributed by atoms with Gasteiger partial charge in [0.05, 0.1) is 5.02 Å². The number of rotatable bonds is 4. The van der Waals surface area contributed by atoms with E-state index in [2.05, 4.69) is 11.9 Å². The fourth-order valence-corrected chi connectivity index (χ4v) is 2.29. The molecule has 0 bridgehead atoms. The Kier molecular flexibility index (Phi) is 4.10. The van der Waals surface area contributed by atoms with E-state index in [9.17, 15) is 4.39 Å². The molecule has 1 heterocycles. The second kappa shape index (κ2) is 5.61. The van der Waals surface area contributed by atoms with Crippen LogP contribution in [-0.2, 0) is 13.0 Å². The van der Waals surface area contributed by atoms with Crippen LogP contribution in [0.5, 0.6) is 0 Å². The van der Waals surface area contributed by atoms with Crippen LogP contribution in [0.4, 0.5) is 10.2 Å². The van der Waals surface area contributed by atoms with Crippen molar-refractivity contribution in [2.45, 2.75) is 33.2 Å². The monoisotopic (exact) mass is 281 g/mol. The largest absolute Gasteiger partial charge is 0.383 e. The van der Waals surface area contributed by atoms with Gasteiger partial charge in [0.1, 0.15) is 23.2 Å². The van der Waals surface area contributed by atoms with Gasteiger partial charge in [-0.25, -0.2) is 9.37 Å². The molecular formula is C14H17ClFN3. The number of anilines is 1. The van der Waals surface area contributed by atoms with Crippen molar-refractivity contribution in [3.8, 4) is 11.3 Å². The summed E-state index contributed by atoms with van der Waals surface area (Å²) in [4.78, 5) is 4.54. The van der Waals surface area contributed by atoms with E-state index < -0.39 is 5.82 Å². The average molecular weight is 282 g/mol. The van der Waals surface area contributed by atoms with Crippen molar-refractivity contribution in [3.05, 3.63) is 34.9 Å². The van der Waals surface area contributed by atoms with E-state index in [1.165, 1.54) is 6.07 Å². The number of nitrogen functional groups attached to an aromatic ring is 1. The second-order valence-corrected chi connectivity index (χ2v) is 4.80. The highest BCUT2D eigenvalue weighted by molar-refractivity contribution is 6.31. The Labute approximate surface area is 117 Å². The number of imidazole rings is 1. The first-order valence-corrected chi connectivity index (χ1v) is 6.76. The normalized spacial score (nSPS) is 10.9. The van der Waals surface area contributed by atoms with Crippen LogP contribution < -0.4 is 5.73 Å². The third kappa shape index (κ3) is 2.59. The molecule has 3 nitrogen and oxygen atoms in total. The van der Waals surface area contributed by atoms with Gasteiger partial charge in [-0.2, -0.15) is 0 Å². The zero-order valence-corrected chi connectivity index (χ0v) is 11.8. The van der Waals surface area contributed by atoms with Crippen molar-refractivity contribution in [2.75, 3.05) is 5.73 Å². The SMILES string of the molecule is CCCn1c(CC)nc(-c2ccc(F)c(Cl)c2)c1N. The highest BCUT2D eigenvalue weighted by Crippen LogP contribution is 2.29. The Morgan fingerprint density at radius 1 is 1.37 bits per heavy atom. The standard InChI is InChI=1S/C14H17ClFN3/c1-3-7-19-12(4-2)18-13(14(19)17)9-5-6-11(16)10(15)8-9/h5-6,8H,3-4,7,17H2,1-2H3. The van der Waals surface area contributed by atoms with E-state index in [4.69, 9.17) is 17.3 Å². The van der Waals surface area contributed by atoms with Crippen molar-refractivity contribution >= 4 is 17.4 Å². The van der Waals surface area contributed by atoms with Crippen molar-refractivity contribution < 1.29 is 4.39 Å². The van der Waals surface area contributed by atoms with Crippen LogP contribution in [0.15, 0.2) is 18.2 Å². The van der Waals surface area contributed by atoms with Crippen LogP contribution in [0.2, 0.25) is 5.02 Å². The lowest BCUT2D eigenvalue weighted by Crippen LogP contribution is -2.06. The molecule has 102 valence electrons. The minimum Gasteiger partial charge on any atom is -0.383 e. The highest BCUT2D eigenvalue weighted by Gasteiger charge is 2.15. The first kappa shape index (κ1) is 13.9. The second-order valence-electron chi connectivity index (χ2n) is 4.40. The number of benzene rings is 1. The van der Waals surface area contributed by atoms with Crippen molar-refractivity contribution in [2.24, 2.45) is 0 Å². The van der Waals surface area contributed by atoms with Gasteiger partial charge < -0.3 is 10.3 Å². The molecule has 2 aromatic rings. The van der Waals surface area contributed by atoms with E-state index >= 15 is 0 Å². The number of nitrogens with zero attached hydrogens (tertiary/aromatic N) is 2. The van der Waals surface area contributed by atoms with Crippen LogP contribution in [0.3, 0.4) is 0 Å². The number of aromatic nitrogens is 2. The van der Waals surface area contributed by atoms with Crippen LogP contribution in [-0.4, -0.2) is 9.55 Å². The summed E-state index contributed by atoms with van der Waals surface area (Å²) in [6.45, 7) is 4.96. The molecule has 0 amide bonds. The molecule has 0 aliphatic heterocycles. The highest BCUT2D eigenvalue weighted by atomic mass is 35.5. The number of nitrogens with two attached hydrogens (primary N) is 1. The Morgan fingerprint density at radius 2 is 2.11 bits per heavy atom. The van der Waals surface area contributed by atoms with Crippen LogP contribution in [0, 0.1) is 5.82 Å². The van der Waals surface area contributed by atoms with Crippen LogP contribution in [0.1, 0.15) is 26.1 Å². The van der Waals surface area contributed by atoms with E-state index in [1.54, 1.807) is 12.1 Å². The lowest BCUT2D eigenvalue weighted by atomic mass is 10.1. The molecule has 0 saturated carbocycles. The molecule has 2 N–H and O–H groups in total. The Balaban J connectivity index is 2.52. The molecule has 19 heavy (non-hydrogen) atoms. The fraction of sp³-hybridized carbons (Fsp3) is 0.357. The van der Waals surface area contributed by atoms with Gasteiger partial charge in [0, 0.05) is 18.5 Å². The van der Waals surface area contributed by atoms with Gasteiger partial charge in [-0.05, 0) is 24.6 Å². The van der Waals surface area contributed by atoms with Crippen molar-refractivity contribution in [1.29, 1.82) is 0 Å². The summed E-state index contributed by atoms with van der Waals surface area (Å²) in [6, 6.07) is 4.54. The van der Waals surface area contributed by atoms with Crippen LogP contribution in [0.25, 0.3) is 11.3 Å². The third-order valence-corrected chi connectivity index (χ3v) is 3.33. The van der Waals surface area contributed by atoms with Gasteiger partial charge in [-0.3, -0.25) is 0 Å². The smallest absolute Gasteiger partial charge is 0.141 e. The van der Waals surface area contributed by atoms with Gasteiger partial charge in [0.2, 0.25) is 0 Å². The molecule has 0 spiro atoms. The first-order chi connectivity index (χ1) is 9.08. The molecule has 0 aliphatic carbocycles. The molecule has 0 radical (unpaired) electrons. The summed E-state index contributed by atoms with van der Waals surface area (Å²) < 4.78 is 15.2. The maximum absolute atomic E-state index is 13.2. The molecule has 0 aliphatic rings. The molecule has 1 aromatic carbocycles. The molecule has 2 rings (SSSR count). The molecule has 0 unspecified atom stereocenters. The summed E-state index contributed by atoms with van der Waals surface area (Å²) in [5, 5.41) is 0.0833. The summed E-state index contributed by atoms with van der Waals surface area (Å²) >= 11 is 5.81. The molecule has 0 saturated heterocycles. The molecule has 1 aromatic heterocycles. The maximum Gasteiger partial charge on any atom is 0.141 e. The number of aryl methyl sites for hydroxylation is 1. The number of hydrogen-bond donors (Lipinski definition) is 1. The predicted molar refractivity (Wildman–Crippen MR) is 76.7 cm³/mol. The lowest BCUT2D eigenvalue weighted by Gasteiger charge is -2.06. The zero-order chi connectivity index (χ0) is 14.0. The topological polar surface area (TPSA) is 43.8 Å². The van der Waals surface area contributed by atoms with Gasteiger partial charge in [0.25, 0.3) is 0 Å². The maximum atomic E-state index is 13.2. The summed E-state index contributed by atoms with van der Waals surface area (Å²) in [6.07, 6.45) is 1.79. The zero-order valence-electron chi connectivity index (χ0n) is 11.1. The minimum absolute atomic E-state index is 0.0833. The Bertz CT molecular complexity index is 593. The summed E-state index contributed by atoms with van der Waals surface area (Å²) in [7, 11) is 0. The van der Waals surface area contributed by atoms with E-state index in [1.807, 2.05) is 11.5 Å². The third-order valence-electron chi connectivity index (χ3n) is 3.04. The quantitative estimate of drug-likeness (QED) is 0.924. The molecular weight excluding hydrogens is 265 g/mol. The van der Waals surface area contributed by atoms with Crippen LogP contribution >= 0.6 is 11.6 Å². The Morgan fingerprint density at radius 3 is 2.68 bits per heavy atom. The molecule has 0 atom stereocenters. The van der Waals surface area contributed by atoms with E-state index in [-0.39, 0.29) is 5.02 Å². The molecule has 5 heteroatoms. The van der Waals surface area contributed by atoms with Crippen molar-refractivity contribution in [3.63, 3.8) is 0 Å². The van der Waals surface area contributed by atoms with E-state index in [0.717, 1.165) is 30.8 Å². The Hall–Kier alpha value is -1.55. The van der Waals surface area contributed by atoms with Gasteiger partial charge in [0.15, 0.2) is 0 Å². The lowest BCUT2D eigenvalue weighted by molar-refractivity contribution is 0.628. The molecule has 0 fully saturated rings. The number of hydrogen-bond acceptors (Lipinski definition) is 2. The fourth-order valence-electron chi connectivity index (χ4n) is 2.11. The van der Waals surface area contributed by atoms with E-state index in [0.29, 0.717) is 11.5 Å². The average Bonchev–Trinajstić information content (AvgIpc) is 2.71. The summed E-state index contributed by atoms with van der Waals surface area (Å²) in [5.74, 6) is 1.11. The van der Waals surface area contributed by atoms with Gasteiger partial charge in [-0.15, -0.1) is 0 Å². The summed E-state index contributed by atoms with van der Waals surface area (Å²) in [5.41, 5.74) is 7.57. The minimum atomic E-state index is -0.437. The number of halogens is 2.